The summed E-state index contributed by atoms with van der Waals surface area (Å²) < 4.78 is 23.5. The molecule has 3 aromatic heterocycles. The van der Waals surface area contributed by atoms with Crippen LogP contribution in [0.25, 0.3) is 22.4 Å². The molecule has 11 nitrogen and oxygen atoms in total. The van der Waals surface area contributed by atoms with Gasteiger partial charge in [0, 0.05) is 19.3 Å². The zero-order chi connectivity index (χ0) is 29.5. The molecule has 0 spiro atoms. The van der Waals surface area contributed by atoms with Crippen molar-refractivity contribution in [1.29, 1.82) is 0 Å². The van der Waals surface area contributed by atoms with Gasteiger partial charge < -0.3 is 19.0 Å². The van der Waals surface area contributed by atoms with Gasteiger partial charge in [-0.25, -0.2) is 19.7 Å². The molecule has 7 rings (SSSR count). The largest absolute Gasteiger partial charge is 0.427 e. The third-order valence-electron chi connectivity index (χ3n) is 8.60. The molecule has 2 saturated heterocycles. The van der Waals surface area contributed by atoms with Crippen LogP contribution in [0.4, 0.5) is 15.1 Å². The minimum absolute atomic E-state index is 0.0819. The molecule has 3 aliphatic rings. The summed E-state index contributed by atoms with van der Waals surface area (Å²) in [6.45, 7) is 4.62. The van der Waals surface area contributed by atoms with Crippen LogP contribution < -0.4 is 15.7 Å². The minimum atomic E-state index is -0.847. The number of rotatable bonds is 6. The number of nitrogens with one attached hydrogen (secondary N) is 2. The van der Waals surface area contributed by atoms with Crippen LogP contribution in [0.5, 0.6) is 0 Å². The Balaban J connectivity index is 1.44. The molecule has 2 N–H and O–H groups in total. The van der Waals surface area contributed by atoms with Gasteiger partial charge in [0.2, 0.25) is 11.9 Å². The van der Waals surface area contributed by atoms with Crippen molar-refractivity contribution >= 4 is 34.8 Å². The number of anilines is 1. The van der Waals surface area contributed by atoms with Crippen LogP contribution in [0, 0.1) is 17.8 Å². The molecule has 1 saturated carbocycles. The fraction of sp³-hybridized carbons (Fsp3) is 0.433. The summed E-state index contributed by atoms with van der Waals surface area (Å²) in [5, 5.41) is 2.90. The lowest BCUT2D eigenvalue weighted by Gasteiger charge is -2.37. The molecule has 1 aromatic carbocycles. The molecule has 1 amide bonds. The maximum Gasteiger partial charge on any atom is 0.427 e. The first-order valence-electron chi connectivity index (χ1n) is 14.7. The van der Waals surface area contributed by atoms with E-state index in [2.05, 4.69) is 44.3 Å². The van der Waals surface area contributed by atoms with Crippen LogP contribution in [0.15, 0.2) is 42.6 Å². The number of benzene rings is 1. The molecule has 3 fully saturated rings. The highest BCUT2D eigenvalue weighted by Crippen LogP contribution is 2.39. The summed E-state index contributed by atoms with van der Waals surface area (Å²) in [4.78, 5) is 37.5. The highest BCUT2D eigenvalue weighted by atomic mass is 35.5. The maximum atomic E-state index is 15.4. The van der Waals surface area contributed by atoms with Crippen LogP contribution in [0.2, 0.25) is 5.02 Å². The number of carbonyl (C=O) groups excluding carboxylic acids is 1. The standard InChI is InChI=1S/C30H32ClFN8O3/c1-17-7-9-18(10-8-17)15-40-24-23(21-13-20(31)14-33-25(21)32)34-27(28-37-30(41)43-38-28)35-26(24)36-29(40)39-11-12-42-16-22(39)19-5-3-2-4-6-19/h2-6,13-14,17-18,22,28,38H,7-12,15-16H2,1H3,(H,37,41)/t17?,18?,22-,28?/m0/s1. The van der Waals surface area contributed by atoms with Crippen molar-refractivity contribution in [1.82, 2.24) is 35.3 Å². The molecule has 1 unspecified atom stereocenters. The third-order valence-corrected chi connectivity index (χ3v) is 8.80. The van der Waals surface area contributed by atoms with E-state index in [1.807, 2.05) is 18.2 Å². The van der Waals surface area contributed by atoms with E-state index in [1.54, 1.807) is 0 Å². The molecule has 2 aliphatic heterocycles. The SMILES string of the molecule is CC1CCC(Cn2c(N3CCOC[C@H]3c3ccccc3)nc3nc(C4NOC(=O)N4)nc(-c4cc(Cl)cnc4F)c32)CC1. The van der Waals surface area contributed by atoms with Gasteiger partial charge in [-0.05, 0) is 36.3 Å². The number of morpholine rings is 1. The molecule has 0 bridgehead atoms. The Morgan fingerprint density at radius 2 is 1.93 bits per heavy atom. The highest BCUT2D eigenvalue weighted by Gasteiger charge is 2.34. The fourth-order valence-electron chi connectivity index (χ4n) is 6.31. The number of imidazole rings is 1. The van der Waals surface area contributed by atoms with Crippen molar-refractivity contribution in [3.8, 4) is 11.3 Å². The monoisotopic (exact) mass is 606 g/mol. The lowest BCUT2D eigenvalue weighted by molar-refractivity contribution is 0.0927. The molecule has 43 heavy (non-hydrogen) atoms. The Bertz CT molecular complexity index is 1650. The Labute approximate surface area is 252 Å². The van der Waals surface area contributed by atoms with Gasteiger partial charge in [-0.15, -0.1) is 5.48 Å². The number of carbonyl (C=O) groups is 1. The normalized spacial score (nSPS) is 24.3. The van der Waals surface area contributed by atoms with Gasteiger partial charge in [-0.1, -0.05) is 61.7 Å². The molecule has 4 aromatic rings. The maximum absolute atomic E-state index is 15.4. The second-order valence-electron chi connectivity index (χ2n) is 11.5. The lowest BCUT2D eigenvalue weighted by atomic mass is 9.83. The highest BCUT2D eigenvalue weighted by molar-refractivity contribution is 6.30. The number of amides is 1. The summed E-state index contributed by atoms with van der Waals surface area (Å²) in [5.74, 6) is 1.28. The molecule has 13 heteroatoms. The number of halogens is 2. The van der Waals surface area contributed by atoms with Crippen LogP contribution >= 0.6 is 11.6 Å². The molecular formula is C30H32ClFN8O3. The van der Waals surface area contributed by atoms with Gasteiger partial charge in [0.1, 0.15) is 11.2 Å². The summed E-state index contributed by atoms with van der Waals surface area (Å²) in [6, 6.07) is 11.6. The van der Waals surface area contributed by atoms with E-state index in [-0.39, 0.29) is 22.5 Å². The second kappa shape index (κ2) is 11.7. The molecule has 2 atom stereocenters. The summed E-state index contributed by atoms with van der Waals surface area (Å²) >= 11 is 6.32. The van der Waals surface area contributed by atoms with E-state index >= 15 is 4.39 Å². The number of nitrogens with zero attached hydrogens (tertiary/aromatic N) is 6. The molecule has 224 valence electrons. The average Bonchev–Trinajstić information content (AvgIpc) is 3.63. The molecule has 5 heterocycles. The minimum Gasteiger partial charge on any atom is -0.377 e. The number of hydrogen-bond donors (Lipinski definition) is 2. The number of fused-ring (bicyclic) bond motifs is 1. The predicted molar refractivity (Wildman–Crippen MR) is 157 cm³/mol. The van der Waals surface area contributed by atoms with Crippen molar-refractivity contribution in [2.75, 3.05) is 24.7 Å². The Morgan fingerprint density at radius 3 is 2.70 bits per heavy atom. The van der Waals surface area contributed by atoms with Gasteiger partial charge in [0.15, 0.2) is 17.6 Å². The molecule has 1 aliphatic carbocycles. The predicted octanol–water partition coefficient (Wildman–Crippen LogP) is 5.33. The Kier molecular flexibility index (Phi) is 7.58. The number of hydroxylamine groups is 1. The Hall–Kier alpha value is -3.87. The van der Waals surface area contributed by atoms with Crippen LogP contribution in [0.3, 0.4) is 0 Å². The summed E-state index contributed by atoms with van der Waals surface area (Å²) in [5.41, 5.74) is 5.08. The molecular weight excluding hydrogens is 575 g/mol. The van der Waals surface area contributed by atoms with Crippen LogP contribution in [-0.4, -0.2) is 50.4 Å². The van der Waals surface area contributed by atoms with Crippen LogP contribution in [-0.2, 0) is 16.1 Å². The van der Waals surface area contributed by atoms with Crippen molar-refractivity contribution in [3.63, 3.8) is 0 Å². The first-order valence-corrected chi connectivity index (χ1v) is 15.0. The van der Waals surface area contributed by atoms with Crippen LogP contribution in [0.1, 0.15) is 56.2 Å². The first kappa shape index (κ1) is 27.9. The van der Waals surface area contributed by atoms with E-state index in [9.17, 15) is 4.79 Å². The fourth-order valence-corrected chi connectivity index (χ4v) is 6.47. The van der Waals surface area contributed by atoms with Gasteiger partial charge in [0.05, 0.1) is 29.8 Å². The van der Waals surface area contributed by atoms with Crippen molar-refractivity contribution in [3.05, 3.63) is 65.0 Å². The first-order chi connectivity index (χ1) is 20.9. The zero-order valence-corrected chi connectivity index (χ0v) is 24.4. The van der Waals surface area contributed by atoms with Crippen molar-refractivity contribution < 1.29 is 18.8 Å². The number of pyridine rings is 1. The average molecular weight is 607 g/mol. The lowest BCUT2D eigenvalue weighted by Crippen LogP contribution is -2.41. The van der Waals surface area contributed by atoms with Crippen molar-refractivity contribution in [2.45, 2.75) is 51.4 Å². The van der Waals surface area contributed by atoms with Gasteiger partial charge in [0.25, 0.3) is 0 Å². The quantitative estimate of drug-likeness (QED) is 0.281. The number of aromatic nitrogens is 5. The number of hydrogen-bond acceptors (Lipinski definition) is 9. The van der Waals surface area contributed by atoms with E-state index in [4.69, 9.17) is 36.1 Å². The van der Waals surface area contributed by atoms with E-state index in [0.29, 0.717) is 60.9 Å². The van der Waals surface area contributed by atoms with Gasteiger partial charge >= 0.3 is 6.09 Å². The molecule has 0 radical (unpaired) electrons. The third kappa shape index (κ3) is 5.50. The Morgan fingerprint density at radius 1 is 1.12 bits per heavy atom. The summed E-state index contributed by atoms with van der Waals surface area (Å²) in [7, 11) is 0. The summed E-state index contributed by atoms with van der Waals surface area (Å²) in [6.07, 6.45) is 4.23. The van der Waals surface area contributed by atoms with E-state index < -0.39 is 18.2 Å². The van der Waals surface area contributed by atoms with Gasteiger partial charge in [-0.2, -0.15) is 9.37 Å². The van der Waals surface area contributed by atoms with E-state index in [1.165, 1.54) is 12.3 Å². The smallest absolute Gasteiger partial charge is 0.377 e. The van der Waals surface area contributed by atoms with Crippen molar-refractivity contribution in [2.24, 2.45) is 11.8 Å². The number of ether oxygens (including phenoxy) is 1. The van der Waals surface area contributed by atoms with Gasteiger partial charge in [-0.3, -0.25) is 5.32 Å². The van der Waals surface area contributed by atoms with E-state index in [0.717, 1.165) is 31.2 Å². The zero-order valence-electron chi connectivity index (χ0n) is 23.7. The topological polar surface area (TPSA) is 119 Å². The second-order valence-corrected chi connectivity index (χ2v) is 12.0.